The number of halogens is 3. The van der Waals surface area contributed by atoms with Gasteiger partial charge in [0.25, 0.3) is 5.69 Å². The van der Waals surface area contributed by atoms with E-state index >= 15 is 0 Å². The Kier molecular flexibility index (Phi) is 3.63. The molecule has 2 aromatic carbocycles. The first-order valence-corrected chi connectivity index (χ1v) is 6.69. The highest BCUT2D eigenvalue weighted by Crippen LogP contribution is 2.36. The zero-order valence-electron chi connectivity index (χ0n) is 12.2. The number of nitrogens with one attached hydrogen (secondary N) is 1. The molecule has 0 radical (unpaired) electrons. The first kappa shape index (κ1) is 15.8. The largest absolute Gasteiger partial charge is 0.497 e. The molecule has 0 amide bonds. The molecule has 1 heterocycles. The number of rotatable bonds is 3. The number of non-ortho nitro benzene ring substituents is 1. The Morgan fingerprint density at radius 3 is 2.42 bits per heavy atom. The van der Waals surface area contributed by atoms with Gasteiger partial charge in [0.2, 0.25) is 0 Å². The normalized spacial score (nSPS) is 11.7. The Labute approximate surface area is 133 Å². The Morgan fingerprint density at radius 1 is 1.21 bits per heavy atom. The van der Waals surface area contributed by atoms with Crippen LogP contribution in [0.5, 0.6) is 5.75 Å². The van der Waals surface area contributed by atoms with Crippen LogP contribution in [0.3, 0.4) is 0 Å². The first-order chi connectivity index (χ1) is 11.3. The van der Waals surface area contributed by atoms with Gasteiger partial charge in [-0.05, 0) is 30.3 Å². The van der Waals surface area contributed by atoms with Gasteiger partial charge in [-0.25, -0.2) is 4.98 Å². The molecule has 1 aromatic heterocycles. The second-order valence-corrected chi connectivity index (χ2v) is 4.96. The third kappa shape index (κ3) is 2.75. The summed E-state index contributed by atoms with van der Waals surface area (Å²) in [6, 6.07) is 7.89. The smallest absolute Gasteiger partial charge is 0.416 e. The molecule has 6 nitrogen and oxygen atoms in total. The number of ether oxygens (including phenoxy) is 1. The van der Waals surface area contributed by atoms with E-state index < -0.39 is 22.4 Å². The van der Waals surface area contributed by atoms with Crippen LogP contribution in [0.15, 0.2) is 36.4 Å². The predicted octanol–water partition coefficient (Wildman–Crippen LogP) is 4.17. The van der Waals surface area contributed by atoms with Gasteiger partial charge in [0.15, 0.2) is 5.52 Å². The van der Waals surface area contributed by atoms with Crippen molar-refractivity contribution in [2.45, 2.75) is 6.18 Å². The van der Waals surface area contributed by atoms with Crippen LogP contribution in [0.1, 0.15) is 5.56 Å². The summed E-state index contributed by atoms with van der Waals surface area (Å²) in [4.78, 5) is 17.0. The van der Waals surface area contributed by atoms with Crippen molar-refractivity contribution < 1.29 is 22.8 Å². The van der Waals surface area contributed by atoms with Crippen molar-refractivity contribution in [3.63, 3.8) is 0 Å². The molecule has 0 saturated carbocycles. The lowest BCUT2D eigenvalue weighted by Crippen LogP contribution is -2.05. The van der Waals surface area contributed by atoms with E-state index in [0.717, 1.165) is 6.07 Å². The maximum atomic E-state index is 12.9. The number of nitro groups is 1. The standard InChI is InChI=1S/C15H10F3N3O3/c1-24-10-4-2-8(3-5-10)14-19-11-6-9(15(16,17)18)7-12(21(22)23)13(11)20-14/h2-7H,1H3,(H,19,20). The zero-order valence-corrected chi connectivity index (χ0v) is 12.2. The third-order valence-corrected chi connectivity index (χ3v) is 3.45. The molecule has 124 valence electrons. The van der Waals surface area contributed by atoms with E-state index in [1.54, 1.807) is 24.3 Å². The van der Waals surface area contributed by atoms with Crippen LogP contribution in [-0.2, 0) is 6.18 Å². The summed E-state index contributed by atoms with van der Waals surface area (Å²) in [6.07, 6.45) is -4.69. The van der Waals surface area contributed by atoms with E-state index in [1.807, 2.05) is 0 Å². The number of fused-ring (bicyclic) bond motifs is 1. The third-order valence-electron chi connectivity index (χ3n) is 3.45. The van der Waals surface area contributed by atoms with Crippen LogP contribution in [-0.4, -0.2) is 22.0 Å². The maximum absolute atomic E-state index is 12.9. The molecule has 24 heavy (non-hydrogen) atoms. The highest BCUT2D eigenvalue weighted by atomic mass is 19.4. The monoisotopic (exact) mass is 337 g/mol. The van der Waals surface area contributed by atoms with Crippen molar-refractivity contribution >= 4 is 16.7 Å². The fourth-order valence-corrected chi connectivity index (χ4v) is 2.29. The number of methoxy groups -OCH3 is 1. The molecule has 0 aliphatic rings. The molecule has 0 saturated heterocycles. The van der Waals surface area contributed by atoms with E-state index in [1.165, 1.54) is 7.11 Å². The lowest BCUT2D eigenvalue weighted by Gasteiger charge is -2.05. The summed E-state index contributed by atoms with van der Waals surface area (Å²) in [6.45, 7) is 0. The number of hydrogen-bond acceptors (Lipinski definition) is 4. The number of aromatic amines is 1. The first-order valence-electron chi connectivity index (χ1n) is 6.69. The number of alkyl halides is 3. The van der Waals surface area contributed by atoms with Crippen molar-refractivity contribution in [3.05, 3.63) is 52.1 Å². The molecule has 0 atom stereocenters. The molecule has 9 heteroatoms. The van der Waals surface area contributed by atoms with Gasteiger partial charge in [-0.3, -0.25) is 10.1 Å². The van der Waals surface area contributed by atoms with Crippen molar-refractivity contribution in [3.8, 4) is 17.1 Å². The molecule has 0 aliphatic heterocycles. The second kappa shape index (κ2) is 5.52. The van der Waals surface area contributed by atoms with Gasteiger partial charge in [0.05, 0.1) is 23.1 Å². The highest BCUT2D eigenvalue weighted by Gasteiger charge is 2.34. The minimum atomic E-state index is -4.69. The summed E-state index contributed by atoms with van der Waals surface area (Å²) < 4.78 is 43.7. The molecule has 0 aliphatic carbocycles. The summed E-state index contributed by atoms with van der Waals surface area (Å²) in [5.74, 6) is 0.829. The van der Waals surface area contributed by atoms with Crippen molar-refractivity contribution in [2.24, 2.45) is 0 Å². The minimum Gasteiger partial charge on any atom is -0.497 e. The molecule has 0 spiro atoms. The van der Waals surface area contributed by atoms with E-state index in [4.69, 9.17) is 4.74 Å². The lowest BCUT2D eigenvalue weighted by molar-refractivity contribution is -0.383. The Morgan fingerprint density at radius 2 is 1.88 bits per heavy atom. The quantitative estimate of drug-likeness (QED) is 0.574. The summed E-state index contributed by atoms with van der Waals surface area (Å²) in [5, 5.41) is 11.1. The summed E-state index contributed by atoms with van der Waals surface area (Å²) >= 11 is 0. The van der Waals surface area contributed by atoms with Gasteiger partial charge in [0, 0.05) is 11.6 Å². The van der Waals surface area contributed by atoms with Crippen LogP contribution in [0.4, 0.5) is 18.9 Å². The molecule has 0 unspecified atom stereocenters. The van der Waals surface area contributed by atoms with Gasteiger partial charge < -0.3 is 9.72 Å². The number of nitrogens with zero attached hydrogens (tertiary/aromatic N) is 2. The number of hydrogen-bond donors (Lipinski definition) is 1. The highest BCUT2D eigenvalue weighted by molar-refractivity contribution is 5.88. The van der Waals surface area contributed by atoms with E-state index in [-0.39, 0.29) is 16.9 Å². The van der Waals surface area contributed by atoms with Gasteiger partial charge >= 0.3 is 6.18 Å². The zero-order chi connectivity index (χ0) is 17.5. The number of nitro benzene ring substituents is 1. The Balaban J connectivity index is 2.18. The SMILES string of the molecule is COc1ccc(-c2nc3c([N+](=O)[O-])cc(C(F)(F)F)cc3[nH]2)cc1. The fourth-order valence-electron chi connectivity index (χ4n) is 2.29. The Bertz CT molecular complexity index is 917. The molecule has 3 aromatic rings. The van der Waals surface area contributed by atoms with Crippen LogP contribution < -0.4 is 4.74 Å². The molecule has 0 bridgehead atoms. The number of aromatic nitrogens is 2. The van der Waals surface area contributed by atoms with Gasteiger partial charge in [-0.2, -0.15) is 13.2 Å². The van der Waals surface area contributed by atoms with Crippen molar-refractivity contribution in [1.82, 2.24) is 9.97 Å². The number of imidazole rings is 1. The average molecular weight is 337 g/mol. The molecule has 1 N–H and O–H groups in total. The van der Waals surface area contributed by atoms with Crippen LogP contribution in [0.25, 0.3) is 22.4 Å². The fraction of sp³-hybridized carbons (Fsp3) is 0.133. The number of H-pyrrole nitrogens is 1. The van der Waals surface area contributed by atoms with Crippen molar-refractivity contribution in [1.29, 1.82) is 0 Å². The van der Waals surface area contributed by atoms with Crippen LogP contribution in [0.2, 0.25) is 0 Å². The van der Waals surface area contributed by atoms with Gasteiger partial charge in [-0.1, -0.05) is 0 Å². The van der Waals surface area contributed by atoms with E-state index in [0.29, 0.717) is 17.4 Å². The van der Waals surface area contributed by atoms with Crippen LogP contribution >= 0.6 is 0 Å². The van der Waals surface area contributed by atoms with Gasteiger partial charge in [0.1, 0.15) is 11.6 Å². The molecule has 3 rings (SSSR count). The van der Waals surface area contributed by atoms with E-state index in [2.05, 4.69) is 9.97 Å². The summed E-state index contributed by atoms with van der Waals surface area (Å²) in [7, 11) is 1.50. The van der Waals surface area contributed by atoms with Crippen molar-refractivity contribution in [2.75, 3.05) is 7.11 Å². The Hall–Kier alpha value is -3.10. The minimum absolute atomic E-state index is 0.0534. The topological polar surface area (TPSA) is 81.1 Å². The van der Waals surface area contributed by atoms with Gasteiger partial charge in [-0.15, -0.1) is 0 Å². The molecular weight excluding hydrogens is 327 g/mol. The molecule has 0 fully saturated rings. The molecular formula is C15H10F3N3O3. The van der Waals surface area contributed by atoms with Crippen LogP contribution in [0, 0.1) is 10.1 Å². The van der Waals surface area contributed by atoms with E-state index in [9.17, 15) is 23.3 Å². The predicted molar refractivity (Wildman–Crippen MR) is 79.7 cm³/mol. The lowest BCUT2D eigenvalue weighted by atomic mass is 10.1. The maximum Gasteiger partial charge on any atom is 0.416 e. The average Bonchev–Trinajstić information content (AvgIpc) is 2.97. The second-order valence-electron chi connectivity index (χ2n) is 4.96. The number of benzene rings is 2. The summed E-state index contributed by atoms with van der Waals surface area (Å²) in [5.41, 5.74) is -1.42.